The molecule has 1 aromatic heterocycles. The van der Waals surface area contributed by atoms with Gasteiger partial charge in [0.2, 0.25) is 0 Å². The first-order valence-electron chi connectivity index (χ1n) is 5.75. The summed E-state index contributed by atoms with van der Waals surface area (Å²) >= 11 is 3.15. The number of rotatable bonds is 3. The van der Waals surface area contributed by atoms with Crippen LogP contribution in [0.2, 0.25) is 0 Å². The molecule has 6 heteroatoms. The molecule has 0 bridgehead atoms. The lowest BCUT2D eigenvalue weighted by Gasteiger charge is -2.08. The molecule has 2 aromatic rings. The molecule has 0 unspecified atom stereocenters. The number of carboxylic acids is 1. The molecule has 0 aliphatic heterocycles. The summed E-state index contributed by atoms with van der Waals surface area (Å²) in [7, 11) is 0. The molecule has 102 valence electrons. The van der Waals surface area contributed by atoms with Crippen LogP contribution >= 0.6 is 15.9 Å². The van der Waals surface area contributed by atoms with Crippen molar-refractivity contribution in [1.82, 2.24) is 4.98 Å². The molecule has 1 amide bonds. The third kappa shape index (κ3) is 3.03. The Balaban J connectivity index is 2.27. The lowest BCUT2D eigenvalue weighted by atomic mass is 10.2. The number of aromatic nitrogens is 1. The van der Waals surface area contributed by atoms with E-state index in [0.29, 0.717) is 15.9 Å². The second kappa shape index (κ2) is 5.83. The van der Waals surface area contributed by atoms with E-state index in [4.69, 9.17) is 5.11 Å². The van der Waals surface area contributed by atoms with E-state index in [1.54, 1.807) is 31.2 Å². The third-order valence-electron chi connectivity index (χ3n) is 2.68. The fourth-order valence-corrected chi connectivity index (χ4v) is 2.10. The van der Waals surface area contributed by atoms with E-state index in [2.05, 4.69) is 26.2 Å². The molecular formula is C14H11BrN2O3. The zero-order chi connectivity index (χ0) is 14.7. The molecule has 0 atom stereocenters. The highest BCUT2D eigenvalue weighted by Crippen LogP contribution is 2.21. The number of hydrogen-bond donors (Lipinski definition) is 2. The van der Waals surface area contributed by atoms with E-state index in [-0.39, 0.29) is 11.5 Å². The molecule has 0 saturated carbocycles. The number of nitrogens with one attached hydrogen (secondary N) is 1. The smallest absolute Gasteiger partial charge is 0.336 e. The predicted molar refractivity (Wildman–Crippen MR) is 78.0 cm³/mol. The highest BCUT2D eigenvalue weighted by Gasteiger charge is 2.13. The fraction of sp³-hybridized carbons (Fsp3) is 0.0714. The number of hydrogen-bond acceptors (Lipinski definition) is 3. The van der Waals surface area contributed by atoms with Crippen LogP contribution in [0.15, 0.2) is 41.0 Å². The largest absolute Gasteiger partial charge is 0.478 e. The number of carbonyl (C=O) groups excluding carboxylic acids is 1. The van der Waals surface area contributed by atoms with Gasteiger partial charge < -0.3 is 10.4 Å². The molecule has 1 aromatic carbocycles. The Hall–Kier alpha value is -2.21. The van der Waals surface area contributed by atoms with Crippen LogP contribution in [-0.2, 0) is 0 Å². The van der Waals surface area contributed by atoms with E-state index in [9.17, 15) is 9.59 Å². The van der Waals surface area contributed by atoms with Crippen LogP contribution in [-0.4, -0.2) is 22.0 Å². The normalized spacial score (nSPS) is 10.1. The molecule has 5 nitrogen and oxygen atoms in total. The predicted octanol–water partition coefficient (Wildman–Crippen LogP) is 3.10. The lowest BCUT2D eigenvalue weighted by molar-refractivity contribution is 0.0695. The minimum Gasteiger partial charge on any atom is -0.478 e. The number of amides is 1. The SMILES string of the molecule is Cc1cccnc1C(=O)Nc1ccc(Br)c(C(=O)O)c1. The summed E-state index contributed by atoms with van der Waals surface area (Å²) in [4.78, 5) is 27.1. The second-order valence-corrected chi connectivity index (χ2v) is 4.98. The Morgan fingerprint density at radius 3 is 2.70 bits per heavy atom. The minimum atomic E-state index is -1.07. The fourth-order valence-electron chi connectivity index (χ4n) is 1.68. The molecule has 0 aliphatic rings. The average Bonchev–Trinajstić information content (AvgIpc) is 2.41. The van der Waals surface area contributed by atoms with Crippen LogP contribution < -0.4 is 5.32 Å². The Morgan fingerprint density at radius 2 is 2.05 bits per heavy atom. The maximum Gasteiger partial charge on any atom is 0.336 e. The van der Waals surface area contributed by atoms with E-state index >= 15 is 0 Å². The van der Waals surface area contributed by atoms with Crippen LogP contribution in [0.5, 0.6) is 0 Å². The van der Waals surface area contributed by atoms with Crippen molar-refractivity contribution in [3.63, 3.8) is 0 Å². The number of carbonyl (C=O) groups is 2. The first-order valence-corrected chi connectivity index (χ1v) is 6.54. The van der Waals surface area contributed by atoms with Gasteiger partial charge in [-0.15, -0.1) is 0 Å². The van der Waals surface area contributed by atoms with E-state index < -0.39 is 5.97 Å². The molecule has 0 saturated heterocycles. The first kappa shape index (κ1) is 14.2. The molecule has 0 spiro atoms. The molecule has 2 rings (SSSR count). The van der Waals surface area contributed by atoms with Gasteiger partial charge in [-0.1, -0.05) is 6.07 Å². The molecule has 20 heavy (non-hydrogen) atoms. The molecule has 0 aliphatic carbocycles. The number of pyridine rings is 1. The summed E-state index contributed by atoms with van der Waals surface area (Å²) < 4.78 is 0.456. The van der Waals surface area contributed by atoms with Crippen molar-refractivity contribution < 1.29 is 14.7 Å². The van der Waals surface area contributed by atoms with Crippen LogP contribution in [0.3, 0.4) is 0 Å². The monoisotopic (exact) mass is 334 g/mol. The topological polar surface area (TPSA) is 79.3 Å². The van der Waals surface area contributed by atoms with Crippen molar-refractivity contribution in [1.29, 1.82) is 0 Å². The van der Waals surface area contributed by atoms with E-state index in [1.807, 2.05) is 0 Å². The average molecular weight is 335 g/mol. The number of aryl methyl sites for hydroxylation is 1. The highest BCUT2D eigenvalue weighted by atomic mass is 79.9. The zero-order valence-electron chi connectivity index (χ0n) is 10.6. The summed E-state index contributed by atoms with van der Waals surface area (Å²) in [5, 5.41) is 11.7. The summed E-state index contributed by atoms with van der Waals surface area (Å²) in [6, 6.07) is 8.11. The van der Waals surface area contributed by atoms with Gasteiger partial charge in [-0.2, -0.15) is 0 Å². The standard InChI is InChI=1S/C14H11BrN2O3/c1-8-3-2-6-16-12(8)13(18)17-9-4-5-11(15)10(7-9)14(19)20/h2-7H,1H3,(H,17,18)(H,19,20). The molecule has 0 fully saturated rings. The van der Waals surface area contributed by atoms with Crippen molar-refractivity contribution in [3.8, 4) is 0 Å². The van der Waals surface area contributed by atoms with Crippen molar-refractivity contribution in [2.24, 2.45) is 0 Å². The molecule has 1 heterocycles. The van der Waals surface area contributed by atoms with Crippen molar-refractivity contribution >= 4 is 33.5 Å². The van der Waals surface area contributed by atoms with Crippen LogP contribution in [0.4, 0.5) is 5.69 Å². The highest BCUT2D eigenvalue weighted by molar-refractivity contribution is 9.10. The summed E-state index contributed by atoms with van der Waals surface area (Å²) in [5.74, 6) is -1.44. The van der Waals surface area contributed by atoms with Gasteiger partial charge in [-0.25, -0.2) is 4.79 Å². The number of nitrogens with zero attached hydrogens (tertiary/aromatic N) is 1. The van der Waals surface area contributed by atoms with Gasteiger partial charge in [0.15, 0.2) is 0 Å². The minimum absolute atomic E-state index is 0.0838. The van der Waals surface area contributed by atoms with Crippen molar-refractivity contribution in [2.75, 3.05) is 5.32 Å². The third-order valence-corrected chi connectivity index (χ3v) is 3.37. The summed E-state index contributed by atoms with van der Waals surface area (Å²) in [6.45, 7) is 1.78. The quantitative estimate of drug-likeness (QED) is 0.903. The Labute approximate surface area is 123 Å². The first-order chi connectivity index (χ1) is 9.49. The van der Waals surface area contributed by atoms with Crippen LogP contribution in [0.25, 0.3) is 0 Å². The number of aromatic carboxylic acids is 1. The van der Waals surface area contributed by atoms with Crippen molar-refractivity contribution in [2.45, 2.75) is 6.92 Å². The Bertz CT molecular complexity index is 686. The van der Waals surface area contributed by atoms with E-state index in [0.717, 1.165) is 5.56 Å². The molecule has 0 radical (unpaired) electrons. The van der Waals surface area contributed by atoms with Gasteiger partial charge >= 0.3 is 5.97 Å². The van der Waals surface area contributed by atoms with Gasteiger partial charge in [0.25, 0.3) is 5.91 Å². The number of benzene rings is 1. The van der Waals surface area contributed by atoms with Gasteiger partial charge in [0.1, 0.15) is 5.69 Å². The summed E-state index contributed by atoms with van der Waals surface area (Å²) in [6.07, 6.45) is 1.53. The summed E-state index contributed by atoms with van der Waals surface area (Å²) in [5.41, 5.74) is 1.55. The lowest BCUT2D eigenvalue weighted by Crippen LogP contribution is -2.15. The van der Waals surface area contributed by atoms with Crippen LogP contribution in [0.1, 0.15) is 26.4 Å². The Kier molecular flexibility index (Phi) is 4.14. The van der Waals surface area contributed by atoms with Gasteiger partial charge in [0, 0.05) is 16.4 Å². The number of halogens is 1. The van der Waals surface area contributed by atoms with E-state index in [1.165, 1.54) is 12.3 Å². The maximum atomic E-state index is 12.1. The zero-order valence-corrected chi connectivity index (χ0v) is 12.1. The van der Waals surface area contributed by atoms with Gasteiger partial charge in [0.05, 0.1) is 5.56 Å². The van der Waals surface area contributed by atoms with Crippen molar-refractivity contribution in [3.05, 3.63) is 57.8 Å². The Morgan fingerprint density at radius 1 is 1.30 bits per heavy atom. The number of carboxylic acid groups (broad SMARTS) is 1. The number of anilines is 1. The van der Waals surface area contributed by atoms with Gasteiger partial charge in [-0.3, -0.25) is 9.78 Å². The van der Waals surface area contributed by atoms with Crippen LogP contribution in [0, 0.1) is 6.92 Å². The van der Waals surface area contributed by atoms with Gasteiger partial charge in [-0.05, 0) is 52.7 Å². The molecule has 2 N–H and O–H groups in total. The second-order valence-electron chi connectivity index (χ2n) is 4.12. The molecular weight excluding hydrogens is 324 g/mol. The maximum absolute atomic E-state index is 12.1.